The maximum atomic E-state index is 14.8. The molecule has 24 heteroatoms. The van der Waals surface area contributed by atoms with E-state index in [1.807, 2.05) is 0 Å². The summed E-state index contributed by atoms with van der Waals surface area (Å²) in [4.78, 5) is 23.0. The molecule has 9 nitrogen and oxygen atoms in total. The van der Waals surface area contributed by atoms with E-state index < -0.39 is 101 Å². The third-order valence-electron chi connectivity index (χ3n) is 12.9. The summed E-state index contributed by atoms with van der Waals surface area (Å²) in [6, 6.07) is 30.3. The summed E-state index contributed by atoms with van der Waals surface area (Å²) in [6.07, 6.45) is -16.3. The molecule has 0 unspecified atom stereocenters. The molecular formula is C62H69ClF14N4O5. The average Bonchev–Trinajstić information content (AvgIpc) is 1.95. The van der Waals surface area contributed by atoms with Gasteiger partial charge in [-0.3, -0.25) is 0 Å². The van der Waals surface area contributed by atoms with Gasteiger partial charge in [-0.05, 0) is 134 Å². The number of nitrogens with one attached hydrogen (secondary N) is 2. The number of rotatable bonds is 17. The number of alkyl halides is 10. The fourth-order valence-electron chi connectivity index (χ4n) is 8.94. The summed E-state index contributed by atoms with van der Waals surface area (Å²) in [6.45, 7) is 4.81. The minimum absolute atomic E-state index is 0. The number of carbonyl (C=O) groups is 2. The monoisotopic (exact) mass is 1250 g/mol. The third kappa shape index (κ3) is 21.9. The highest BCUT2D eigenvalue weighted by atomic mass is 35.5. The Morgan fingerprint density at radius 2 is 1.02 bits per heavy atom. The van der Waals surface area contributed by atoms with Gasteiger partial charge in [0.15, 0.2) is 0 Å². The summed E-state index contributed by atoms with van der Waals surface area (Å²) in [5, 5.41) is 5.28. The van der Waals surface area contributed by atoms with Crippen molar-refractivity contribution < 1.29 is 85.3 Å². The van der Waals surface area contributed by atoms with Crippen LogP contribution in [-0.2, 0) is 28.7 Å². The van der Waals surface area contributed by atoms with Crippen molar-refractivity contribution in [2.75, 3.05) is 0 Å². The quantitative estimate of drug-likeness (QED) is 0.0405. The van der Waals surface area contributed by atoms with E-state index in [9.17, 15) is 71.1 Å². The molecule has 0 heterocycles. The van der Waals surface area contributed by atoms with Crippen molar-refractivity contribution in [3.05, 3.63) is 215 Å². The van der Waals surface area contributed by atoms with Crippen molar-refractivity contribution in [1.29, 1.82) is 0 Å². The predicted molar refractivity (Wildman–Crippen MR) is 303 cm³/mol. The lowest BCUT2D eigenvalue weighted by atomic mass is 9.77. The summed E-state index contributed by atoms with van der Waals surface area (Å²) in [5.41, 5.74) is 9.56. The van der Waals surface area contributed by atoms with Crippen molar-refractivity contribution in [1.82, 2.24) is 10.6 Å². The second-order valence-electron chi connectivity index (χ2n) is 19.3. The van der Waals surface area contributed by atoms with Crippen molar-refractivity contribution >= 4 is 23.1 Å². The Kier molecular flexibility index (Phi) is 29.1. The molecule has 6 N–H and O–H groups in total. The molecule has 0 aromatic heterocycles. The summed E-state index contributed by atoms with van der Waals surface area (Å²) < 4.78 is 200. The zero-order valence-electron chi connectivity index (χ0n) is 44.0. The van der Waals surface area contributed by atoms with E-state index in [-0.39, 0.29) is 64.3 Å². The van der Waals surface area contributed by atoms with E-state index in [0.29, 0.717) is 48.3 Å². The van der Waals surface area contributed by atoms with E-state index in [1.54, 1.807) is 67.6 Å². The molecule has 8 rings (SSSR count). The van der Waals surface area contributed by atoms with Crippen LogP contribution in [-0.4, -0.2) is 61.0 Å². The first-order chi connectivity index (χ1) is 39.0. The van der Waals surface area contributed by atoms with Gasteiger partial charge in [0, 0.05) is 36.2 Å². The summed E-state index contributed by atoms with van der Waals surface area (Å²) in [5.74, 6) is -4.69. The zero-order valence-corrected chi connectivity index (χ0v) is 44.8. The molecule has 2 amide bonds. The molecule has 86 heavy (non-hydrogen) atoms. The number of carbonyl (C=O) groups excluding carboxylic acids is 2. The van der Waals surface area contributed by atoms with Crippen LogP contribution in [0.15, 0.2) is 158 Å². The van der Waals surface area contributed by atoms with Crippen molar-refractivity contribution in [3.63, 3.8) is 0 Å². The third-order valence-corrected chi connectivity index (χ3v) is 13.0. The van der Waals surface area contributed by atoms with Gasteiger partial charge < -0.3 is 36.3 Å². The van der Waals surface area contributed by atoms with Crippen LogP contribution in [0.25, 0.3) is 0 Å². The number of amides is 2. The number of nitrogens with two attached hydrogens (primary N) is 2. The Labute approximate surface area is 496 Å². The first-order valence-corrected chi connectivity index (χ1v) is 25.8. The van der Waals surface area contributed by atoms with Crippen LogP contribution < -0.4 is 31.6 Å². The van der Waals surface area contributed by atoms with Gasteiger partial charge in [0.05, 0.1) is 22.9 Å². The van der Waals surface area contributed by atoms with Gasteiger partial charge in [0.2, 0.25) is 0 Å². The molecule has 6 atom stereocenters. The minimum atomic E-state index is -4.92. The molecule has 0 aliphatic heterocycles. The molecule has 472 valence electrons. The normalized spacial score (nSPS) is 17.5. The molecular weight excluding hydrogens is 1180 g/mol. The van der Waals surface area contributed by atoms with Crippen molar-refractivity contribution in [3.8, 4) is 11.5 Å². The number of hydrogen-bond acceptors (Lipinski definition) is 7. The van der Waals surface area contributed by atoms with Crippen LogP contribution in [0, 0.1) is 23.3 Å². The van der Waals surface area contributed by atoms with Crippen LogP contribution in [0.1, 0.15) is 101 Å². The lowest BCUT2D eigenvalue weighted by Gasteiger charge is -2.37. The number of allylic oxidation sites excluding steroid dienone is 1. The Hall–Kier alpha value is -7.37. The molecule has 6 aromatic carbocycles. The van der Waals surface area contributed by atoms with Gasteiger partial charge in [-0.15, -0.1) is 0 Å². The highest BCUT2D eigenvalue weighted by molar-refractivity contribution is 6.61. The number of ether oxygens (including phenoxy) is 3. The molecule has 2 fully saturated rings. The molecule has 0 bridgehead atoms. The number of halogens is 15. The maximum absolute atomic E-state index is 14.8. The fraction of sp³-hybridized carbons (Fsp3) is 0.355. The molecule has 2 aliphatic rings. The molecule has 2 aliphatic carbocycles. The van der Waals surface area contributed by atoms with Gasteiger partial charge >= 0.3 is 36.5 Å². The highest BCUT2D eigenvalue weighted by Crippen LogP contribution is 2.39. The zero-order chi connectivity index (χ0) is 61.3. The molecule has 0 saturated heterocycles. The predicted octanol–water partition coefficient (Wildman–Crippen LogP) is 17.2. The molecule has 6 aromatic rings. The first-order valence-electron chi connectivity index (χ1n) is 25.4. The van der Waals surface area contributed by atoms with E-state index in [4.69, 9.17) is 23.1 Å². The van der Waals surface area contributed by atoms with Crippen LogP contribution in [0.3, 0.4) is 0 Å². The Bertz CT molecular complexity index is 3030. The SMILES string of the molecule is C.C.C.C=C(C)OC(=O)Cl.N[C@@H]1CCC[C@@H]1F.N[C@](Cc1ccccc1)(c1ccc(F)cc1)c1cc(F)cc(OC(F)(F)C(F)F)c1.O=C(N[C@@H]1CCC[C@@H]1F)N[C@](Cc1ccccc1)(c1ccc(F)cc1)c1cc(F)cc(OC(F)(F)C(F)F)c1. The summed E-state index contributed by atoms with van der Waals surface area (Å²) in [7, 11) is 0. The van der Waals surface area contributed by atoms with E-state index >= 15 is 0 Å². The Morgan fingerprint density at radius 1 is 0.593 bits per heavy atom. The Balaban J connectivity index is 0.000000473. The summed E-state index contributed by atoms with van der Waals surface area (Å²) >= 11 is 4.75. The average molecular weight is 1250 g/mol. The second-order valence-corrected chi connectivity index (χ2v) is 19.6. The van der Waals surface area contributed by atoms with Crippen molar-refractivity contribution in [2.45, 2.75) is 141 Å². The number of hydrogen-bond donors (Lipinski definition) is 4. The highest BCUT2D eigenvalue weighted by Gasteiger charge is 2.46. The van der Waals surface area contributed by atoms with Crippen LogP contribution >= 0.6 is 11.6 Å². The van der Waals surface area contributed by atoms with Crippen LogP contribution in [0.4, 0.5) is 71.1 Å². The second kappa shape index (κ2) is 33.5. The molecule has 0 spiro atoms. The molecule has 0 radical (unpaired) electrons. The van der Waals surface area contributed by atoms with Gasteiger partial charge in [0.25, 0.3) is 0 Å². The first kappa shape index (κ1) is 74.7. The van der Waals surface area contributed by atoms with Gasteiger partial charge in [-0.1, -0.05) is 114 Å². The van der Waals surface area contributed by atoms with Crippen molar-refractivity contribution in [2.24, 2.45) is 11.5 Å². The number of urea groups is 1. The Morgan fingerprint density at radius 3 is 1.41 bits per heavy atom. The van der Waals surface area contributed by atoms with E-state index in [1.165, 1.54) is 24.3 Å². The van der Waals surface area contributed by atoms with Gasteiger partial charge in [-0.25, -0.2) is 35.9 Å². The topological polar surface area (TPSA) is 138 Å². The molecule has 2 saturated carbocycles. The lowest BCUT2D eigenvalue weighted by molar-refractivity contribution is -0.253. The van der Waals surface area contributed by atoms with E-state index in [0.717, 1.165) is 66.9 Å². The van der Waals surface area contributed by atoms with E-state index in [2.05, 4.69) is 31.4 Å². The lowest BCUT2D eigenvalue weighted by Crippen LogP contribution is -2.54. The standard InChI is InChI=1S/C28H25F7N2O2.C22H17F6NO.C5H10FN.C4H5ClO2.3CH4/c29-20-11-9-18(10-12-20)27(16-17-5-2-1-3-6-17,37-26(38)36-24-8-4-7-23(24)31)19-13-21(30)15-22(14-19)39-28(34,35)25(32)33;23-17-8-6-15(7-9-17)21(29,13-14-4-2-1-3-5-14)16-10-18(24)12-19(11-16)30-22(27,28)20(25)26;6-4-2-1-3-5(4)7;1-3(2)7-4(5)6;;;/h1-3,5-6,9-15,23-25H,4,7-8,16H2,(H2,36,37,38);1-12,20H,13,29H2;4-5H,1-3,7H2;1H2,2H3;3*1H4/t23-,24+,27+;21-;4-,5+;;;;/m010..../s1. The maximum Gasteiger partial charge on any atom is 0.461 e. The minimum Gasteiger partial charge on any atom is -0.428 e. The largest absolute Gasteiger partial charge is 0.461 e. The number of benzene rings is 6. The smallest absolute Gasteiger partial charge is 0.428 e. The van der Waals surface area contributed by atoms with Crippen LogP contribution in [0.5, 0.6) is 11.5 Å². The van der Waals surface area contributed by atoms with Gasteiger partial charge in [0.1, 0.15) is 47.1 Å². The fourth-order valence-corrected chi connectivity index (χ4v) is 9.07. The van der Waals surface area contributed by atoms with Crippen LogP contribution in [0.2, 0.25) is 0 Å². The van der Waals surface area contributed by atoms with Gasteiger partial charge in [-0.2, -0.15) is 35.1 Å².